The maximum atomic E-state index is 12.4. The van der Waals surface area contributed by atoms with Crippen molar-refractivity contribution in [2.75, 3.05) is 0 Å². The number of aryl methyl sites for hydroxylation is 1. The first kappa shape index (κ1) is 10.7. The lowest BCUT2D eigenvalue weighted by Crippen LogP contribution is -2.18. The highest BCUT2D eigenvalue weighted by molar-refractivity contribution is 5.77. The lowest BCUT2D eigenvalue weighted by Gasteiger charge is -2.09. The van der Waals surface area contributed by atoms with Crippen molar-refractivity contribution in [2.24, 2.45) is 0 Å². The van der Waals surface area contributed by atoms with Crippen molar-refractivity contribution in [2.45, 2.75) is 6.92 Å². The minimum Gasteiger partial charge on any atom is -0.283 e. The molecule has 3 rings (SSSR count). The summed E-state index contributed by atoms with van der Waals surface area (Å²) in [5.74, 6) is 0. The molecule has 2 aromatic heterocycles. The zero-order valence-corrected chi connectivity index (χ0v) is 10.00. The molecule has 1 aromatic carbocycles. The van der Waals surface area contributed by atoms with Gasteiger partial charge in [-0.1, -0.05) is 18.2 Å². The fraction of sp³-hybridized carbons (Fsp3) is 0.0667. The average molecular weight is 236 g/mol. The first-order valence-corrected chi connectivity index (χ1v) is 5.80. The van der Waals surface area contributed by atoms with Crippen molar-refractivity contribution in [3.63, 3.8) is 0 Å². The monoisotopic (exact) mass is 236 g/mol. The molecule has 0 spiro atoms. The van der Waals surface area contributed by atoms with E-state index in [2.05, 4.69) is 4.98 Å². The Bertz CT molecular complexity index is 775. The first-order valence-electron chi connectivity index (χ1n) is 5.80. The van der Waals surface area contributed by atoms with Crippen molar-refractivity contribution < 1.29 is 0 Å². The number of nitrogens with zero attached hydrogens (tertiary/aromatic N) is 2. The highest BCUT2D eigenvalue weighted by Gasteiger charge is 2.06. The molecule has 2 heterocycles. The smallest absolute Gasteiger partial charge is 0.264 e. The molecule has 3 nitrogen and oxygen atoms in total. The van der Waals surface area contributed by atoms with Gasteiger partial charge < -0.3 is 0 Å². The van der Waals surface area contributed by atoms with Crippen LogP contribution in [0.3, 0.4) is 0 Å². The molecule has 3 heteroatoms. The fourth-order valence-corrected chi connectivity index (χ4v) is 2.10. The number of hydrogen-bond acceptors (Lipinski definition) is 2. The Kier molecular flexibility index (Phi) is 2.45. The zero-order valence-electron chi connectivity index (χ0n) is 10.00. The predicted molar refractivity (Wildman–Crippen MR) is 72.1 cm³/mol. The highest BCUT2D eigenvalue weighted by Crippen LogP contribution is 2.13. The van der Waals surface area contributed by atoms with Crippen LogP contribution in [0, 0.1) is 6.92 Å². The van der Waals surface area contributed by atoms with Gasteiger partial charge in [0.15, 0.2) is 0 Å². The average Bonchev–Trinajstić information content (AvgIpc) is 2.41. The van der Waals surface area contributed by atoms with Crippen molar-refractivity contribution in [3.05, 3.63) is 70.8 Å². The molecular formula is C15H12N2O. The third-order valence-corrected chi connectivity index (χ3v) is 3.04. The second kappa shape index (κ2) is 4.11. The van der Waals surface area contributed by atoms with E-state index in [4.69, 9.17) is 0 Å². The highest BCUT2D eigenvalue weighted by atomic mass is 16.1. The second-order valence-corrected chi connectivity index (χ2v) is 4.21. The summed E-state index contributed by atoms with van der Waals surface area (Å²) in [6.07, 6.45) is 3.47. The molecule has 0 radical (unpaired) electrons. The van der Waals surface area contributed by atoms with E-state index in [9.17, 15) is 4.79 Å². The molecule has 88 valence electrons. The van der Waals surface area contributed by atoms with Crippen LogP contribution in [-0.2, 0) is 0 Å². The van der Waals surface area contributed by atoms with Gasteiger partial charge in [-0.25, -0.2) is 0 Å². The van der Waals surface area contributed by atoms with Gasteiger partial charge in [-0.05, 0) is 36.8 Å². The summed E-state index contributed by atoms with van der Waals surface area (Å²) in [6, 6.07) is 13.3. The molecule has 0 unspecified atom stereocenters. The van der Waals surface area contributed by atoms with Crippen LogP contribution in [0.1, 0.15) is 5.56 Å². The van der Waals surface area contributed by atoms with Crippen LogP contribution in [0.2, 0.25) is 0 Å². The molecule has 0 saturated heterocycles. The minimum absolute atomic E-state index is 0.0325. The summed E-state index contributed by atoms with van der Waals surface area (Å²) in [5.41, 5.74) is 2.68. The van der Waals surface area contributed by atoms with E-state index >= 15 is 0 Å². The first-order chi connectivity index (χ1) is 8.77. The molecule has 0 saturated carbocycles. The molecule has 0 aliphatic rings. The Hall–Kier alpha value is -2.42. The summed E-state index contributed by atoms with van der Waals surface area (Å²) in [7, 11) is 0. The van der Waals surface area contributed by atoms with Crippen molar-refractivity contribution >= 4 is 10.9 Å². The molecule has 0 bridgehead atoms. The normalized spacial score (nSPS) is 10.7. The maximum absolute atomic E-state index is 12.4. The van der Waals surface area contributed by atoms with Crippen LogP contribution in [0.4, 0.5) is 0 Å². The predicted octanol–water partition coefficient (Wildman–Crippen LogP) is 2.69. The van der Waals surface area contributed by atoms with Crippen molar-refractivity contribution in [3.8, 4) is 5.69 Å². The number of fused-ring (bicyclic) bond motifs is 1. The number of hydrogen-bond donors (Lipinski definition) is 0. The van der Waals surface area contributed by atoms with E-state index in [1.807, 2.05) is 37.3 Å². The van der Waals surface area contributed by atoms with E-state index in [1.165, 1.54) is 0 Å². The van der Waals surface area contributed by atoms with E-state index in [1.54, 1.807) is 29.1 Å². The number of pyridine rings is 2. The Balaban J connectivity index is 2.35. The maximum Gasteiger partial charge on any atom is 0.264 e. The van der Waals surface area contributed by atoms with Crippen LogP contribution in [-0.4, -0.2) is 9.55 Å². The van der Waals surface area contributed by atoms with Crippen LogP contribution in [0.25, 0.3) is 16.6 Å². The van der Waals surface area contributed by atoms with Gasteiger partial charge in [0.25, 0.3) is 5.56 Å². The minimum atomic E-state index is -0.0325. The summed E-state index contributed by atoms with van der Waals surface area (Å²) < 4.78 is 1.67. The van der Waals surface area contributed by atoms with Gasteiger partial charge in [-0.15, -0.1) is 0 Å². The second-order valence-electron chi connectivity index (χ2n) is 4.21. The van der Waals surface area contributed by atoms with Gasteiger partial charge >= 0.3 is 0 Å². The standard InChI is InChI=1S/C15H12N2O/c1-11-5-2-3-7-14(11)17-10-8-13-12(15(17)18)6-4-9-16-13/h2-10H,1H3. The number of benzene rings is 1. The Morgan fingerprint density at radius 2 is 1.89 bits per heavy atom. The van der Waals surface area contributed by atoms with Gasteiger partial charge in [0.1, 0.15) is 0 Å². The van der Waals surface area contributed by atoms with Crippen LogP contribution < -0.4 is 5.56 Å². The summed E-state index contributed by atoms with van der Waals surface area (Å²) in [5, 5.41) is 0.642. The molecule has 3 aromatic rings. The summed E-state index contributed by atoms with van der Waals surface area (Å²) in [4.78, 5) is 16.6. The summed E-state index contributed by atoms with van der Waals surface area (Å²) >= 11 is 0. The topological polar surface area (TPSA) is 34.9 Å². The Morgan fingerprint density at radius 3 is 2.72 bits per heavy atom. The number of para-hydroxylation sites is 1. The molecule has 0 fully saturated rings. The quantitative estimate of drug-likeness (QED) is 0.651. The van der Waals surface area contributed by atoms with Crippen LogP contribution >= 0.6 is 0 Å². The Labute approximate surface area is 104 Å². The lowest BCUT2D eigenvalue weighted by atomic mass is 10.2. The zero-order chi connectivity index (χ0) is 12.5. The van der Waals surface area contributed by atoms with Crippen LogP contribution in [0.15, 0.2) is 59.7 Å². The van der Waals surface area contributed by atoms with E-state index in [0.29, 0.717) is 5.39 Å². The van der Waals surface area contributed by atoms with Gasteiger partial charge in [-0.3, -0.25) is 14.3 Å². The van der Waals surface area contributed by atoms with Crippen molar-refractivity contribution in [1.29, 1.82) is 0 Å². The number of rotatable bonds is 1. The van der Waals surface area contributed by atoms with E-state index in [-0.39, 0.29) is 5.56 Å². The van der Waals surface area contributed by atoms with Gasteiger partial charge in [0.05, 0.1) is 16.6 Å². The number of aromatic nitrogens is 2. The van der Waals surface area contributed by atoms with E-state index < -0.39 is 0 Å². The SMILES string of the molecule is Cc1ccccc1-n1ccc2ncccc2c1=O. The molecular weight excluding hydrogens is 224 g/mol. The largest absolute Gasteiger partial charge is 0.283 e. The fourth-order valence-electron chi connectivity index (χ4n) is 2.10. The molecule has 0 amide bonds. The molecule has 0 atom stereocenters. The third kappa shape index (κ3) is 1.61. The van der Waals surface area contributed by atoms with Gasteiger partial charge in [-0.2, -0.15) is 0 Å². The van der Waals surface area contributed by atoms with Crippen molar-refractivity contribution in [1.82, 2.24) is 9.55 Å². The lowest BCUT2D eigenvalue weighted by molar-refractivity contribution is 0.992. The van der Waals surface area contributed by atoms with Crippen LogP contribution in [0.5, 0.6) is 0 Å². The van der Waals surface area contributed by atoms with E-state index in [0.717, 1.165) is 16.8 Å². The molecule has 18 heavy (non-hydrogen) atoms. The summed E-state index contributed by atoms with van der Waals surface area (Å²) in [6.45, 7) is 2.00. The Morgan fingerprint density at radius 1 is 1.06 bits per heavy atom. The van der Waals surface area contributed by atoms with Gasteiger partial charge in [0, 0.05) is 12.4 Å². The molecule has 0 aliphatic carbocycles. The molecule has 0 N–H and O–H groups in total. The molecule has 0 aliphatic heterocycles. The third-order valence-electron chi connectivity index (χ3n) is 3.04. The van der Waals surface area contributed by atoms with Gasteiger partial charge in [0.2, 0.25) is 0 Å².